The molecule has 4 aromatic rings. The Morgan fingerprint density at radius 2 is 1.89 bits per heavy atom. The first-order valence-corrected chi connectivity index (χ1v) is 12.1. The lowest BCUT2D eigenvalue weighted by Gasteiger charge is -2.23. The molecule has 190 valence electrons. The van der Waals surface area contributed by atoms with E-state index in [0.717, 1.165) is 5.56 Å². The van der Waals surface area contributed by atoms with Crippen molar-refractivity contribution in [3.8, 4) is 17.2 Å². The normalized spacial score (nSPS) is 17.7. The van der Waals surface area contributed by atoms with E-state index in [-0.39, 0.29) is 26.1 Å². The first-order valence-electron chi connectivity index (χ1n) is 11.7. The van der Waals surface area contributed by atoms with Crippen LogP contribution in [0, 0.1) is 0 Å². The number of fused-ring (bicyclic) bond motifs is 1. The van der Waals surface area contributed by atoms with Crippen molar-refractivity contribution in [3.63, 3.8) is 0 Å². The second-order valence-electron chi connectivity index (χ2n) is 8.89. The number of β-amino-alcohol motifs (C(OH)–C–C–N with tert-alkyl or cyclic N) is 1. The molecular weight excluding hydrogens is 498 g/mol. The van der Waals surface area contributed by atoms with Crippen molar-refractivity contribution in [1.29, 1.82) is 0 Å². The zero-order valence-corrected chi connectivity index (χ0v) is 20.4. The van der Waals surface area contributed by atoms with E-state index in [9.17, 15) is 19.8 Å². The molecule has 37 heavy (non-hydrogen) atoms. The number of aliphatic carboxylic acids is 1. The summed E-state index contributed by atoms with van der Waals surface area (Å²) in [6, 6.07) is 20.1. The number of carboxylic acids is 1. The molecule has 5 rings (SSSR count). The molecular formula is C28H24ClNO7. The monoisotopic (exact) mass is 521 g/mol. The summed E-state index contributed by atoms with van der Waals surface area (Å²) in [6.45, 7) is 0.717. The second kappa shape index (κ2) is 10.6. The number of hydrogen-bond acceptors (Lipinski definition) is 7. The lowest BCUT2D eigenvalue weighted by Crippen LogP contribution is -2.35. The van der Waals surface area contributed by atoms with Crippen LogP contribution in [0.2, 0.25) is 5.02 Å². The average Bonchev–Trinajstić information content (AvgIpc) is 3.24. The molecule has 1 saturated heterocycles. The van der Waals surface area contributed by atoms with Gasteiger partial charge in [-0.1, -0.05) is 41.9 Å². The van der Waals surface area contributed by atoms with Crippen LogP contribution in [-0.2, 0) is 17.9 Å². The molecule has 9 heteroatoms. The first kappa shape index (κ1) is 24.8. The minimum atomic E-state index is -0.993. The number of carboxylic acid groups (broad SMARTS) is 1. The highest BCUT2D eigenvalue weighted by molar-refractivity contribution is 6.30. The van der Waals surface area contributed by atoms with E-state index in [2.05, 4.69) is 0 Å². The number of likely N-dealkylation sites (tertiary alicyclic amines) is 1. The van der Waals surface area contributed by atoms with Gasteiger partial charge in [-0.2, -0.15) is 0 Å². The molecule has 0 radical (unpaired) electrons. The Morgan fingerprint density at radius 3 is 2.70 bits per heavy atom. The minimum Gasteiger partial charge on any atom is -0.489 e. The van der Waals surface area contributed by atoms with Gasteiger partial charge in [-0.3, -0.25) is 9.69 Å². The Kier molecular flexibility index (Phi) is 7.14. The molecule has 8 nitrogen and oxygen atoms in total. The van der Waals surface area contributed by atoms with Crippen LogP contribution in [-0.4, -0.2) is 39.8 Å². The number of aliphatic hydroxyl groups excluding tert-OH is 1. The van der Waals surface area contributed by atoms with Crippen LogP contribution >= 0.6 is 11.6 Å². The molecule has 1 fully saturated rings. The summed E-state index contributed by atoms with van der Waals surface area (Å²) in [5.41, 5.74) is 1.39. The van der Waals surface area contributed by atoms with Gasteiger partial charge in [0.15, 0.2) is 0 Å². The minimum absolute atomic E-state index is 0.150. The Labute approximate surface area is 217 Å². The van der Waals surface area contributed by atoms with Crippen LogP contribution in [0.3, 0.4) is 0 Å². The third-order valence-corrected chi connectivity index (χ3v) is 6.44. The molecule has 0 aliphatic carbocycles. The van der Waals surface area contributed by atoms with E-state index in [1.54, 1.807) is 47.4 Å². The van der Waals surface area contributed by atoms with Crippen LogP contribution in [0.4, 0.5) is 0 Å². The maximum absolute atomic E-state index is 12.2. The number of ether oxygens (including phenoxy) is 2. The van der Waals surface area contributed by atoms with Gasteiger partial charge in [-0.25, -0.2) is 4.79 Å². The van der Waals surface area contributed by atoms with Crippen LogP contribution in [0.5, 0.6) is 17.2 Å². The molecule has 2 N–H and O–H groups in total. The number of aliphatic hydroxyl groups is 1. The van der Waals surface area contributed by atoms with E-state index >= 15 is 0 Å². The smallest absolute Gasteiger partial charge is 0.339 e. The summed E-state index contributed by atoms with van der Waals surface area (Å²) in [5, 5.41) is 20.9. The van der Waals surface area contributed by atoms with Gasteiger partial charge in [0.2, 0.25) is 0 Å². The van der Waals surface area contributed by atoms with Gasteiger partial charge in [0.25, 0.3) is 0 Å². The largest absolute Gasteiger partial charge is 0.489 e. The molecule has 0 spiro atoms. The summed E-state index contributed by atoms with van der Waals surface area (Å²) in [7, 11) is 0. The molecule has 1 aromatic heterocycles. The Hall–Kier alpha value is -3.85. The first-order chi connectivity index (χ1) is 17.9. The van der Waals surface area contributed by atoms with Gasteiger partial charge in [0.05, 0.1) is 17.6 Å². The van der Waals surface area contributed by atoms with Crippen molar-refractivity contribution >= 4 is 28.5 Å². The van der Waals surface area contributed by atoms with Gasteiger partial charge in [0, 0.05) is 36.2 Å². The summed E-state index contributed by atoms with van der Waals surface area (Å²) in [5.74, 6) is 0.218. The number of para-hydroxylation sites is 1. The van der Waals surface area contributed by atoms with E-state index in [1.807, 2.05) is 24.3 Å². The number of hydrogen-bond donors (Lipinski definition) is 2. The third-order valence-electron chi connectivity index (χ3n) is 6.20. The van der Waals surface area contributed by atoms with Crippen LogP contribution < -0.4 is 15.1 Å². The number of rotatable bonds is 8. The molecule has 1 aliphatic rings. The number of halogens is 1. The van der Waals surface area contributed by atoms with Crippen molar-refractivity contribution in [2.75, 3.05) is 6.54 Å². The topological polar surface area (TPSA) is 109 Å². The molecule has 3 aromatic carbocycles. The molecule has 0 amide bonds. The Morgan fingerprint density at radius 1 is 1.05 bits per heavy atom. The fraction of sp³-hybridized carbons (Fsp3) is 0.214. The highest BCUT2D eigenvalue weighted by atomic mass is 35.5. The van der Waals surface area contributed by atoms with Crippen LogP contribution in [0.15, 0.2) is 82.0 Å². The Bertz CT molecular complexity index is 1500. The lowest BCUT2D eigenvalue weighted by molar-refractivity contribution is -0.142. The summed E-state index contributed by atoms with van der Waals surface area (Å²) in [6.07, 6.45) is -0.579. The van der Waals surface area contributed by atoms with E-state index < -0.39 is 23.7 Å². The standard InChI is InChI=1S/C28H24ClNO7/c29-19-5-3-4-17(10-19)16-35-21-9-8-18(14-30-15-20(31)11-23(30)28(33)34)25(12-21)36-26-13-27(32)37-24-7-2-1-6-22(24)26/h1-10,12-13,20,23,31H,11,14-16H2,(H,33,34)/t20-,23+/m1/s1. The zero-order valence-electron chi connectivity index (χ0n) is 19.7. The van der Waals surface area contributed by atoms with Crippen LogP contribution in [0.1, 0.15) is 17.5 Å². The predicted octanol–water partition coefficient (Wildman–Crippen LogP) is 4.84. The summed E-state index contributed by atoms with van der Waals surface area (Å²) in [4.78, 5) is 25.6. The van der Waals surface area contributed by atoms with Crippen molar-refractivity contribution in [2.24, 2.45) is 0 Å². The second-order valence-corrected chi connectivity index (χ2v) is 9.33. The fourth-order valence-corrected chi connectivity index (χ4v) is 4.67. The maximum atomic E-state index is 12.2. The molecule has 0 bridgehead atoms. The molecule has 2 atom stereocenters. The fourth-order valence-electron chi connectivity index (χ4n) is 4.46. The van der Waals surface area contributed by atoms with Gasteiger partial charge < -0.3 is 24.1 Å². The molecule has 0 unspecified atom stereocenters. The predicted molar refractivity (Wildman–Crippen MR) is 137 cm³/mol. The van der Waals surface area contributed by atoms with Gasteiger partial charge in [-0.05, 0) is 35.9 Å². The number of benzene rings is 3. The molecule has 0 saturated carbocycles. The lowest BCUT2D eigenvalue weighted by atomic mass is 10.1. The highest BCUT2D eigenvalue weighted by Gasteiger charge is 2.36. The number of nitrogens with zero attached hydrogens (tertiary/aromatic N) is 1. The maximum Gasteiger partial charge on any atom is 0.339 e. The Balaban J connectivity index is 1.48. The van der Waals surface area contributed by atoms with E-state index in [4.69, 9.17) is 25.5 Å². The van der Waals surface area contributed by atoms with Crippen molar-refractivity contribution in [2.45, 2.75) is 31.7 Å². The van der Waals surface area contributed by atoms with Crippen molar-refractivity contribution in [1.82, 2.24) is 4.90 Å². The van der Waals surface area contributed by atoms with Gasteiger partial charge >= 0.3 is 11.6 Å². The molecule has 2 heterocycles. The third kappa shape index (κ3) is 5.77. The zero-order chi connectivity index (χ0) is 25.9. The van der Waals surface area contributed by atoms with Crippen molar-refractivity contribution < 1.29 is 28.9 Å². The highest BCUT2D eigenvalue weighted by Crippen LogP contribution is 2.35. The SMILES string of the molecule is O=C(O)[C@@H]1C[C@@H](O)CN1Cc1ccc(OCc2cccc(Cl)c2)cc1Oc1cc(=O)oc2ccccc12. The number of carbonyl (C=O) groups is 1. The van der Waals surface area contributed by atoms with Gasteiger partial charge in [-0.15, -0.1) is 0 Å². The average molecular weight is 522 g/mol. The van der Waals surface area contributed by atoms with Gasteiger partial charge in [0.1, 0.15) is 35.5 Å². The summed E-state index contributed by atoms with van der Waals surface area (Å²) < 4.78 is 17.5. The molecule has 1 aliphatic heterocycles. The van der Waals surface area contributed by atoms with E-state index in [0.29, 0.717) is 38.8 Å². The van der Waals surface area contributed by atoms with Crippen LogP contribution in [0.25, 0.3) is 11.0 Å². The van der Waals surface area contributed by atoms with E-state index in [1.165, 1.54) is 6.07 Å². The quantitative estimate of drug-likeness (QED) is 0.317. The summed E-state index contributed by atoms with van der Waals surface area (Å²) >= 11 is 6.08. The van der Waals surface area contributed by atoms with Crippen molar-refractivity contribution in [3.05, 3.63) is 99.4 Å².